The summed E-state index contributed by atoms with van der Waals surface area (Å²) in [6.45, 7) is 2.68. The maximum Gasteiger partial charge on any atom is 0.203 e. The fourth-order valence-corrected chi connectivity index (χ4v) is 3.28. The minimum Gasteiger partial charge on any atom is -0.496 e. The molecular formula is C21H23N3O3S. The van der Waals surface area contributed by atoms with Crippen LogP contribution in [-0.4, -0.2) is 32.0 Å². The molecule has 0 aliphatic heterocycles. The van der Waals surface area contributed by atoms with E-state index in [1.807, 2.05) is 47.8 Å². The van der Waals surface area contributed by atoms with E-state index in [0.717, 1.165) is 29.0 Å². The van der Waals surface area contributed by atoms with Gasteiger partial charge < -0.3 is 14.2 Å². The van der Waals surface area contributed by atoms with E-state index in [1.54, 1.807) is 20.4 Å². The van der Waals surface area contributed by atoms with Crippen molar-refractivity contribution in [3.05, 3.63) is 53.4 Å². The predicted octanol–water partition coefficient (Wildman–Crippen LogP) is 5.06. The lowest BCUT2D eigenvalue weighted by Gasteiger charge is -2.12. The Kier molecular flexibility index (Phi) is 6.86. The van der Waals surface area contributed by atoms with E-state index in [0.29, 0.717) is 23.2 Å². The molecule has 1 N–H and O–H groups in total. The van der Waals surface area contributed by atoms with Crippen molar-refractivity contribution in [2.45, 2.75) is 13.3 Å². The molecule has 0 aliphatic carbocycles. The molecule has 3 rings (SSSR count). The van der Waals surface area contributed by atoms with Crippen molar-refractivity contribution in [2.75, 3.05) is 26.3 Å². The number of hydrazone groups is 1. The summed E-state index contributed by atoms with van der Waals surface area (Å²) in [4.78, 5) is 4.58. The van der Waals surface area contributed by atoms with E-state index >= 15 is 0 Å². The molecule has 2 aromatic carbocycles. The number of hydrogen-bond donors (Lipinski definition) is 1. The Morgan fingerprint density at radius 3 is 2.64 bits per heavy atom. The minimum absolute atomic E-state index is 0.614. The summed E-state index contributed by atoms with van der Waals surface area (Å²) >= 11 is 1.48. The number of anilines is 1. The lowest BCUT2D eigenvalue weighted by atomic mass is 10.1. The maximum atomic E-state index is 5.83. The number of ether oxygens (including phenoxy) is 3. The molecule has 6 nitrogen and oxygen atoms in total. The van der Waals surface area contributed by atoms with Gasteiger partial charge in [-0.3, -0.25) is 5.43 Å². The Bertz CT molecular complexity index is 940. The quantitative estimate of drug-likeness (QED) is 0.404. The van der Waals surface area contributed by atoms with E-state index in [-0.39, 0.29) is 0 Å². The summed E-state index contributed by atoms with van der Waals surface area (Å²) in [5.74, 6) is 2.16. The van der Waals surface area contributed by atoms with E-state index < -0.39 is 0 Å². The molecule has 28 heavy (non-hydrogen) atoms. The third-order valence-electron chi connectivity index (χ3n) is 3.93. The highest BCUT2D eigenvalue weighted by atomic mass is 32.1. The van der Waals surface area contributed by atoms with E-state index in [2.05, 4.69) is 22.4 Å². The van der Waals surface area contributed by atoms with Gasteiger partial charge in [0, 0.05) is 16.5 Å². The third kappa shape index (κ3) is 4.61. The van der Waals surface area contributed by atoms with Gasteiger partial charge in [-0.1, -0.05) is 25.1 Å². The zero-order valence-corrected chi connectivity index (χ0v) is 17.0. The SMILES string of the molecule is CCCOc1c(/C=N\Nc2nc(-c3ccccc3OC)cs2)cccc1OC. The highest BCUT2D eigenvalue weighted by Crippen LogP contribution is 2.32. The van der Waals surface area contributed by atoms with Crippen LogP contribution in [0.2, 0.25) is 0 Å². The minimum atomic E-state index is 0.614. The van der Waals surface area contributed by atoms with Crippen LogP contribution in [0.1, 0.15) is 18.9 Å². The second kappa shape index (κ2) is 9.75. The topological polar surface area (TPSA) is 65.0 Å². The Morgan fingerprint density at radius 2 is 1.86 bits per heavy atom. The average Bonchev–Trinajstić information content (AvgIpc) is 3.21. The zero-order valence-electron chi connectivity index (χ0n) is 16.1. The molecule has 7 heteroatoms. The molecular weight excluding hydrogens is 374 g/mol. The average molecular weight is 398 g/mol. The van der Waals surface area contributed by atoms with Gasteiger partial charge in [-0.25, -0.2) is 4.98 Å². The predicted molar refractivity (Wildman–Crippen MR) is 114 cm³/mol. The molecule has 0 radical (unpaired) electrons. The first kappa shape index (κ1) is 19.7. The van der Waals surface area contributed by atoms with Crippen LogP contribution >= 0.6 is 11.3 Å². The Balaban J connectivity index is 1.75. The molecule has 0 atom stereocenters. The first-order valence-electron chi connectivity index (χ1n) is 8.94. The van der Waals surface area contributed by atoms with Crippen LogP contribution in [0.3, 0.4) is 0 Å². The molecule has 0 bridgehead atoms. The van der Waals surface area contributed by atoms with Gasteiger partial charge in [-0.05, 0) is 30.7 Å². The van der Waals surface area contributed by atoms with Crippen LogP contribution in [0.5, 0.6) is 17.2 Å². The van der Waals surface area contributed by atoms with Crippen molar-refractivity contribution in [3.63, 3.8) is 0 Å². The molecule has 3 aromatic rings. The highest BCUT2D eigenvalue weighted by molar-refractivity contribution is 7.14. The Labute approximate surface area is 168 Å². The van der Waals surface area contributed by atoms with Crippen LogP contribution in [0.25, 0.3) is 11.3 Å². The summed E-state index contributed by atoms with van der Waals surface area (Å²) in [7, 11) is 3.28. The van der Waals surface area contributed by atoms with E-state index in [9.17, 15) is 0 Å². The molecule has 0 spiro atoms. The lowest BCUT2D eigenvalue weighted by Crippen LogP contribution is -2.01. The van der Waals surface area contributed by atoms with Crippen LogP contribution in [0, 0.1) is 0 Å². The van der Waals surface area contributed by atoms with Crippen LogP contribution in [0.4, 0.5) is 5.13 Å². The number of nitrogens with one attached hydrogen (secondary N) is 1. The number of para-hydroxylation sites is 2. The van der Waals surface area contributed by atoms with Crippen LogP contribution in [-0.2, 0) is 0 Å². The van der Waals surface area contributed by atoms with Gasteiger partial charge in [0.05, 0.1) is 32.7 Å². The number of rotatable bonds is 9. The van der Waals surface area contributed by atoms with Crippen LogP contribution in [0.15, 0.2) is 52.9 Å². The second-order valence-corrected chi connectivity index (χ2v) is 6.69. The molecule has 0 amide bonds. The number of benzene rings is 2. The highest BCUT2D eigenvalue weighted by Gasteiger charge is 2.10. The van der Waals surface area contributed by atoms with Gasteiger partial charge in [-0.15, -0.1) is 11.3 Å². The van der Waals surface area contributed by atoms with Crippen molar-refractivity contribution >= 4 is 22.7 Å². The van der Waals surface area contributed by atoms with Gasteiger partial charge in [0.2, 0.25) is 5.13 Å². The third-order valence-corrected chi connectivity index (χ3v) is 4.68. The van der Waals surface area contributed by atoms with Gasteiger partial charge in [-0.2, -0.15) is 5.10 Å². The largest absolute Gasteiger partial charge is 0.496 e. The molecule has 1 heterocycles. The summed E-state index contributed by atoms with van der Waals surface area (Å²) in [5, 5.41) is 6.97. The van der Waals surface area contributed by atoms with Gasteiger partial charge in [0.15, 0.2) is 11.5 Å². The van der Waals surface area contributed by atoms with Gasteiger partial charge in [0.1, 0.15) is 5.75 Å². The molecule has 0 saturated heterocycles. The number of thiazole rings is 1. The Hall–Kier alpha value is -3.06. The molecule has 1 aromatic heterocycles. The van der Waals surface area contributed by atoms with Crippen molar-refractivity contribution in [3.8, 4) is 28.5 Å². The molecule has 0 fully saturated rings. The van der Waals surface area contributed by atoms with Crippen molar-refractivity contribution in [1.29, 1.82) is 0 Å². The van der Waals surface area contributed by atoms with Crippen molar-refractivity contribution in [1.82, 2.24) is 4.98 Å². The van der Waals surface area contributed by atoms with E-state index in [1.165, 1.54) is 11.3 Å². The summed E-state index contributed by atoms with van der Waals surface area (Å²) < 4.78 is 16.6. The number of methoxy groups -OCH3 is 2. The van der Waals surface area contributed by atoms with E-state index in [4.69, 9.17) is 14.2 Å². The normalized spacial score (nSPS) is 10.8. The summed E-state index contributed by atoms with van der Waals surface area (Å²) in [6, 6.07) is 13.5. The number of hydrogen-bond acceptors (Lipinski definition) is 7. The lowest BCUT2D eigenvalue weighted by molar-refractivity contribution is 0.294. The fraction of sp³-hybridized carbons (Fsp3) is 0.238. The number of aromatic nitrogens is 1. The fourth-order valence-electron chi connectivity index (χ4n) is 2.62. The molecule has 0 aliphatic rings. The van der Waals surface area contributed by atoms with Crippen molar-refractivity contribution in [2.24, 2.45) is 5.10 Å². The molecule has 0 unspecified atom stereocenters. The monoisotopic (exact) mass is 397 g/mol. The first-order chi connectivity index (χ1) is 13.8. The zero-order chi connectivity index (χ0) is 19.8. The van der Waals surface area contributed by atoms with Gasteiger partial charge in [0.25, 0.3) is 0 Å². The van der Waals surface area contributed by atoms with Crippen molar-refractivity contribution < 1.29 is 14.2 Å². The standard InChI is InChI=1S/C21H23N3O3S/c1-4-12-27-20-15(8-7-11-19(20)26-3)13-22-24-21-23-17(14-28-21)16-9-5-6-10-18(16)25-2/h5-11,13-14H,4,12H2,1-3H3,(H,23,24)/b22-13-. The summed E-state index contributed by atoms with van der Waals surface area (Å²) in [6.07, 6.45) is 2.62. The second-order valence-electron chi connectivity index (χ2n) is 5.84. The van der Waals surface area contributed by atoms with Gasteiger partial charge >= 0.3 is 0 Å². The van der Waals surface area contributed by atoms with Crippen LogP contribution < -0.4 is 19.6 Å². The first-order valence-corrected chi connectivity index (χ1v) is 9.82. The smallest absolute Gasteiger partial charge is 0.203 e. The Morgan fingerprint density at radius 1 is 1.07 bits per heavy atom. The molecule has 146 valence electrons. The molecule has 0 saturated carbocycles. The number of nitrogens with zero attached hydrogens (tertiary/aromatic N) is 2. The maximum absolute atomic E-state index is 5.83. The summed E-state index contributed by atoms with van der Waals surface area (Å²) in [5.41, 5.74) is 5.60.